The van der Waals surface area contributed by atoms with E-state index in [1.807, 2.05) is 24.3 Å². The Morgan fingerprint density at radius 3 is 2.59 bits per heavy atom. The maximum Gasteiger partial charge on any atom is 0.265 e. The SMILES string of the molecule is O=C(C1CN(C(=O)CCC2CCCC2)c2ccccc2O1)N1CCOCC1. The third-order valence-corrected chi connectivity index (χ3v) is 5.91. The lowest BCUT2D eigenvalue weighted by molar-refractivity contribution is -0.142. The Balaban J connectivity index is 1.47. The second-order valence-electron chi connectivity index (χ2n) is 7.71. The number of ether oxygens (including phenoxy) is 2. The molecule has 2 heterocycles. The van der Waals surface area contributed by atoms with Crippen LogP contribution >= 0.6 is 0 Å². The number of carbonyl (C=O) groups is 2. The second kappa shape index (κ2) is 8.30. The van der Waals surface area contributed by atoms with Crippen molar-refractivity contribution in [1.29, 1.82) is 0 Å². The predicted octanol–water partition coefficient (Wildman–Crippen LogP) is 2.61. The summed E-state index contributed by atoms with van der Waals surface area (Å²) in [7, 11) is 0. The van der Waals surface area contributed by atoms with Crippen molar-refractivity contribution in [3.05, 3.63) is 24.3 Å². The number of morpholine rings is 1. The van der Waals surface area contributed by atoms with Gasteiger partial charge in [0, 0.05) is 19.5 Å². The molecule has 1 aliphatic carbocycles. The Morgan fingerprint density at radius 2 is 1.81 bits per heavy atom. The molecule has 0 bridgehead atoms. The standard InChI is InChI=1S/C21H28N2O4/c24-20(10-9-16-5-1-2-6-16)23-15-19(21(25)22-11-13-26-14-12-22)27-18-8-4-3-7-17(18)23/h3-4,7-8,16,19H,1-2,5-6,9-15H2. The summed E-state index contributed by atoms with van der Waals surface area (Å²) >= 11 is 0. The first kappa shape index (κ1) is 18.3. The van der Waals surface area contributed by atoms with Crippen LogP contribution in [-0.4, -0.2) is 55.7 Å². The maximum absolute atomic E-state index is 13.0. The molecule has 1 atom stereocenters. The summed E-state index contributed by atoms with van der Waals surface area (Å²) in [6.07, 6.45) is 5.90. The van der Waals surface area contributed by atoms with Crippen molar-refractivity contribution in [2.24, 2.45) is 5.92 Å². The van der Waals surface area contributed by atoms with Gasteiger partial charge < -0.3 is 19.3 Å². The molecule has 0 radical (unpaired) electrons. The van der Waals surface area contributed by atoms with E-state index < -0.39 is 6.10 Å². The van der Waals surface area contributed by atoms with E-state index in [2.05, 4.69) is 0 Å². The topological polar surface area (TPSA) is 59.1 Å². The van der Waals surface area contributed by atoms with E-state index in [1.165, 1.54) is 25.7 Å². The summed E-state index contributed by atoms with van der Waals surface area (Å²) in [6, 6.07) is 7.52. The minimum absolute atomic E-state index is 0.0543. The largest absolute Gasteiger partial charge is 0.476 e. The summed E-state index contributed by atoms with van der Waals surface area (Å²) in [6.45, 7) is 2.56. The highest BCUT2D eigenvalue weighted by Gasteiger charge is 2.36. The van der Waals surface area contributed by atoms with E-state index in [9.17, 15) is 9.59 Å². The smallest absolute Gasteiger partial charge is 0.265 e. The number of rotatable bonds is 4. The Labute approximate surface area is 160 Å². The van der Waals surface area contributed by atoms with Crippen molar-refractivity contribution in [2.75, 3.05) is 37.7 Å². The highest BCUT2D eigenvalue weighted by atomic mass is 16.5. The molecule has 1 saturated heterocycles. The predicted molar refractivity (Wildman–Crippen MR) is 102 cm³/mol. The summed E-state index contributed by atoms with van der Waals surface area (Å²) in [5, 5.41) is 0. The van der Waals surface area contributed by atoms with Gasteiger partial charge in [-0.2, -0.15) is 0 Å². The molecule has 1 saturated carbocycles. The van der Waals surface area contributed by atoms with E-state index in [4.69, 9.17) is 9.47 Å². The molecule has 2 fully saturated rings. The van der Waals surface area contributed by atoms with Gasteiger partial charge in [0.25, 0.3) is 5.91 Å². The fourth-order valence-electron chi connectivity index (χ4n) is 4.35. The van der Waals surface area contributed by atoms with Gasteiger partial charge in [-0.05, 0) is 24.5 Å². The molecule has 0 N–H and O–H groups in total. The zero-order valence-corrected chi connectivity index (χ0v) is 15.8. The van der Waals surface area contributed by atoms with Crippen molar-refractivity contribution in [3.63, 3.8) is 0 Å². The number of amides is 2. The minimum Gasteiger partial charge on any atom is -0.476 e. The fraction of sp³-hybridized carbons (Fsp3) is 0.619. The van der Waals surface area contributed by atoms with Gasteiger partial charge in [0.15, 0.2) is 6.10 Å². The molecule has 1 unspecified atom stereocenters. The molecule has 27 heavy (non-hydrogen) atoms. The number of fused-ring (bicyclic) bond motifs is 1. The maximum atomic E-state index is 13.0. The highest BCUT2D eigenvalue weighted by Crippen LogP contribution is 2.35. The van der Waals surface area contributed by atoms with E-state index in [1.54, 1.807) is 9.80 Å². The van der Waals surface area contributed by atoms with Gasteiger partial charge >= 0.3 is 0 Å². The second-order valence-corrected chi connectivity index (χ2v) is 7.71. The molecule has 6 heteroatoms. The van der Waals surface area contributed by atoms with Gasteiger partial charge in [0.2, 0.25) is 5.91 Å². The minimum atomic E-state index is -0.645. The van der Waals surface area contributed by atoms with Crippen LogP contribution in [0.1, 0.15) is 38.5 Å². The summed E-state index contributed by atoms with van der Waals surface area (Å²) in [4.78, 5) is 29.4. The first-order valence-corrected chi connectivity index (χ1v) is 10.1. The van der Waals surface area contributed by atoms with E-state index in [-0.39, 0.29) is 18.4 Å². The molecule has 2 amide bonds. The van der Waals surface area contributed by atoms with Crippen molar-refractivity contribution >= 4 is 17.5 Å². The lowest BCUT2D eigenvalue weighted by Gasteiger charge is -2.37. The summed E-state index contributed by atoms with van der Waals surface area (Å²) in [5.41, 5.74) is 0.778. The number of carbonyl (C=O) groups excluding carboxylic acids is 2. The Kier molecular flexibility index (Phi) is 5.62. The number of hydrogen-bond acceptors (Lipinski definition) is 4. The molecule has 1 aromatic rings. The average molecular weight is 372 g/mol. The highest BCUT2D eigenvalue weighted by molar-refractivity contribution is 5.97. The zero-order chi connectivity index (χ0) is 18.6. The van der Waals surface area contributed by atoms with Crippen LogP contribution in [-0.2, 0) is 14.3 Å². The Hall–Kier alpha value is -2.08. The first-order valence-electron chi connectivity index (χ1n) is 10.1. The monoisotopic (exact) mass is 372 g/mol. The van der Waals surface area contributed by atoms with Gasteiger partial charge in [-0.1, -0.05) is 37.8 Å². The number of para-hydroxylation sites is 2. The Morgan fingerprint density at radius 1 is 1.07 bits per heavy atom. The molecule has 1 aromatic carbocycles. The van der Waals surface area contributed by atoms with Crippen LogP contribution in [0.5, 0.6) is 5.75 Å². The molecule has 0 aromatic heterocycles. The van der Waals surface area contributed by atoms with Crippen molar-refractivity contribution < 1.29 is 19.1 Å². The van der Waals surface area contributed by atoms with Crippen molar-refractivity contribution in [1.82, 2.24) is 4.90 Å². The molecule has 6 nitrogen and oxygen atoms in total. The fourth-order valence-corrected chi connectivity index (χ4v) is 4.35. The zero-order valence-electron chi connectivity index (χ0n) is 15.8. The summed E-state index contributed by atoms with van der Waals surface area (Å²) in [5.74, 6) is 1.33. The van der Waals surface area contributed by atoms with Crippen molar-refractivity contribution in [3.8, 4) is 5.75 Å². The third-order valence-electron chi connectivity index (χ3n) is 5.91. The van der Waals surface area contributed by atoms with E-state index >= 15 is 0 Å². The van der Waals surface area contributed by atoms with Gasteiger partial charge in [-0.25, -0.2) is 0 Å². The first-order chi connectivity index (χ1) is 13.2. The Bertz CT molecular complexity index is 681. The van der Waals surface area contributed by atoms with E-state index in [0.717, 1.165) is 12.1 Å². The van der Waals surface area contributed by atoms with Crippen LogP contribution in [0.25, 0.3) is 0 Å². The lowest BCUT2D eigenvalue weighted by atomic mass is 10.0. The molecule has 2 aliphatic heterocycles. The van der Waals surface area contributed by atoms with Gasteiger partial charge in [0.1, 0.15) is 5.75 Å². The number of benzene rings is 1. The molecule has 146 valence electrons. The van der Waals surface area contributed by atoms with Crippen LogP contribution in [0, 0.1) is 5.92 Å². The van der Waals surface area contributed by atoms with E-state index in [0.29, 0.717) is 44.4 Å². The number of nitrogens with zero attached hydrogens (tertiary/aromatic N) is 2. The molecule has 0 spiro atoms. The molecule has 4 rings (SSSR count). The van der Waals surface area contributed by atoms with Crippen molar-refractivity contribution in [2.45, 2.75) is 44.6 Å². The van der Waals surface area contributed by atoms with Crippen LogP contribution in [0.3, 0.4) is 0 Å². The van der Waals surface area contributed by atoms with Crippen LogP contribution in [0.4, 0.5) is 5.69 Å². The van der Waals surface area contributed by atoms with Gasteiger partial charge in [0.05, 0.1) is 25.4 Å². The molecule has 3 aliphatic rings. The number of anilines is 1. The third kappa shape index (κ3) is 4.10. The molecular formula is C21H28N2O4. The lowest BCUT2D eigenvalue weighted by Crippen LogP contribution is -2.54. The summed E-state index contributed by atoms with van der Waals surface area (Å²) < 4.78 is 11.3. The van der Waals surface area contributed by atoms with Gasteiger partial charge in [-0.3, -0.25) is 9.59 Å². The van der Waals surface area contributed by atoms with Gasteiger partial charge in [-0.15, -0.1) is 0 Å². The normalized spacial score (nSPS) is 23.0. The average Bonchev–Trinajstić information content (AvgIpc) is 3.25. The molecular weight excluding hydrogens is 344 g/mol. The van der Waals surface area contributed by atoms with Crippen LogP contribution < -0.4 is 9.64 Å². The van der Waals surface area contributed by atoms with Crippen LogP contribution in [0.2, 0.25) is 0 Å². The number of hydrogen-bond donors (Lipinski definition) is 0. The van der Waals surface area contributed by atoms with Crippen LogP contribution in [0.15, 0.2) is 24.3 Å². The quantitative estimate of drug-likeness (QED) is 0.815.